The van der Waals surface area contributed by atoms with Crippen molar-refractivity contribution in [1.82, 2.24) is 0 Å². The van der Waals surface area contributed by atoms with Crippen molar-refractivity contribution in [3.05, 3.63) is 28.8 Å². The third-order valence-corrected chi connectivity index (χ3v) is 2.32. The minimum absolute atomic E-state index is 0.0291. The zero-order chi connectivity index (χ0) is 11.3. The van der Waals surface area contributed by atoms with E-state index in [2.05, 4.69) is 5.32 Å². The maximum absolute atomic E-state index is 11.1. The SMILES string of the molecule is COCCNc1cc(C(C)=O)ccc1Cl. The first-order valence-corrected chi connectivity index (χ1v) is 5.06. The molecule has 0 saturated heterocycles. The van der Waals surface area contributed by atoms with Gasteiger partial charge in [-0.2, -0.15) is 0 Å². The second-order valence-corrected chi connectivity index (χ2v) is 3.58. The van der Waals surface area contributed by atoms with E-state index in [1.54, 1.807) is 25.3 Å². The molecule has 82 valence electrons. The summed E-state index contributed by atoms with van der Waals surface area (Å²) in [5, 5.41) is 3.71. The fraction of sp³-hybridized carbons (Fsp3) is 0.364. The molecule has 1 rings (SSSR count). The van der Waals surface area contributed by atoms with Crippen LogP contribution >= 0.6 is 11.6 Å². The van der Waals surface area contributed by atoms with Crippen molar-refractivity contribution < 1.29 is 9.53 Å². The molecule has 0 fully saturated rings. The van der Waals surface area contributed by atoms with E-state index in [1.165, 1.54) is 6.92 Å². The zero-order valence-electron chi connectivity index (χ0n) is 8.84. The van der Waals surface area contributed by atoms with Gasteiger partial charge in [-0.1, -0.05) is 11.6 Å². The minimum atomic E-state index is 0.0291. The van der Waals surface area contributed by atoms with Crippen LogP contribution in [-0.4, -0.2) is 26.0 Å². The number of methoxy groups -OCH3 is 1. The summed E-state index contributed by atoms with van der Waals surface area (Å²) in [6, 6.07) is 5.18. The number of hydrogen-bond acceptors (Lipinski definition) is 3. The van der Waals surface area contributed by atoms with Gasteiger partial charge in [0.05, 0.1) is 17.3 Å². The molecule has 0 bridgehead atoms. The molecule has 0 aliphatic carbocycles. The van der Waals surface area contributed by atoms with Crippen LogP contribution in [0.5, 0.6) is 0 Å². The van der Waals surface area contributed by atoms with E-state index in [1.807, 2.05) is 0 Å². The lowest BCUT2D eigenvalue weighted by atomic mass is 10.1. The van der Waals surface area contributed by atoms with Gasteiger partial charge in [-0.3, -0.25) is 4.79 Å². The Morgan fingerprint density at radius 2 is 2.27 bits per heavy atom. The van der Waals surface area contributed by atoms with Gasteiger partial charge in [0.2, 0.25) is 0 Å². The molecule has 15 heavy (non-hydrogen) atoms. The fourth-order valence-corrected chi connectivity index (χ4v) is 1.35. The van der Waals surface area contributed by atoms with E-state index in [9.17, 15) is 4.79 Å². The minimum Gasteiger partial charge on any atom is -0.383 e. The molecule has 0 aromatic heterocycles. The smallest absolute Gasteiger partial charge is 0.159 e. The van der Waals surface area contributed by atoms with Crippen molar-refractivity contribution in [2.75, 3.05) is 25.6 Å². The summed E-state index contributed by atoms with van der Waals surface area (Å²) < 4.78 is 4.91. The van der Waals surface area contributed by atoms with E-state index >= 15 is 0 Å². The van der Waals surface area contributed by atoms with Crippen molar-refractivity contribution in [1.29, 1.82) is 0 Å². The molecule has 0 aliphatic heterocycles. The van der Waals surface area contributed by atoms with E-state index in [0.717, 1.165) is 5.69 Å². The summed E-state index contributed by atoms with van der Waals surface area (Å²) >= 11 is 5.97. The lowest BCUT2D eigenvalue weighted by molar-refractivity contribution is 0.101. The Balaban J connectivity index is 2.76. The number of carbonyl (C=O) groups excluding carboxylic acids is 1. The highest BCUT2D eigenvalue weighted by Crippen LogP contribution is 2.22. The quantitative estimate of drug-likeness (QED) is 0.621. The summed E-state index contributed by atoms with van der Waals surface area (Å²) in [5.41, 5.74) is 1.42. The van der Waals surface area contributed by atoms with Crippen LogP contribution in [0.4, 0.5) is 5.69 Å². The first kappa shape index (κ1) is 12.0. The third kappa shape index (κ3) is 3.53. The van der Waals surface area contributed by atoms with Crippen LogP contribution in [0.25, 0.3) is 0 Å². The lowest BCUT2D eigenvalue weighted by Gasteiger charge is -2.08. The standard InChI is InChI=1S/C11H14ClNO2/c1-8(14)9-3-4-10(12)11(7-9)13-5-6-15-2/h3-4,7,13H,5-6H2,1-2H3. The molecule has 0 aliphatic rings. The van der Waals surface area contributed by atoms with Crippen LogP contribution in [0.2, 0.25) is 5.02 Å². The molecular weight excluding hydrogens is 214 g/mol. The summed E-state index contributed by atoms with van der Waals surface area (Å²) in [7, 11) is 1.63. The van der Waals surface area contributed by atoms with E-state index in [-0.39, 0.29) is 5.78 Å². The number of rotatable bonds is 5. The van der Waals surface area contributed by atoms with Gasteiger partial charge in [0, 0.05) is 19.2 Å². The molecule has 0 radical (unpaired) electrons. The van der Waals surface area contributed by atoms with Crippen LogP contribution < -0.4 is 5.32 Å². The Morgan fingerprint density at radius 1 is 1.53 bits per heavy atom. The molecule has 0 amide bonds. The highest BCUT2D eigenvalue weighted by Gasteiger charge is 2.04. The van der Waals surface area contributed by atoms with Crippen LogP contribution in [-0.2, 0) is 4.74 Å². The molecule has 0 atom stereocenters. The zero-order valence-corrected chi connectivity index (χ0v) is 9.60. The van der Waals surface area contributed by atoms with Gasteiger partial charge in [0.25, 0.3) is 0 Å². The second kappa shape index (κ2) is 5.73. The molecule has 4 heteroatoms. The predicted molar refractivity (Wildman–Crippen MR) is 61.8 cm³/mol. The molecule has 0 spiro atoms. The van der Waals surface area contributed by atoms with Crippen LogP contribution in [0.1, 0.15) is 17.3 Å². The van der Waals surface area contributed by atoms with Crippen molar-refractivity contribution in [2.24, 2.45) is 0 Å². The molecule has 0 unspecified atom stereocenters. The number of benzene rings is 1. The van der Waals surface area contributed by atoms with Crippen molar-refractivity contribution in [3.63, 3.8) is 0 Å². The fourth-order valence-electron chi connectivity index (χ4n) is 1.17. The first-order chi connectivity index (χ1) is 7.15. The van der Waals surface area contributed by atoms with Gasteiger partial charge in [0.15, 0.2) is 5.78 Å². The van der Waals surface area contributed by atoms with Gasteiger partial charge in [-0.15, -0.1) is 0 Å². The molecule has 1 aromatic carbocycles. The predicted octanol–water partition coefficient (Wildman–Crippen LogP) is 2.60. The number of Topliss-reactive ketones (excluding diaryl/α,β-unsaturated/α-hetero) is 1. The number of ether oxygens (including phenoxy) is 1. The van der Waals surface area contributed by atoms with Crippen LogP contribution in [0, 0.1) is 0 Å². The van der Waals surface area contributed by atoms with Gasteiger partial charge in [0.1, 0.15) is 0 Å². The second-order valence-electron chi connectivity index (χ2n) is 3.17. The molecule has 0 heterocycles. The topological polar surface area (TPSA) is 38.3 Å². The number of anilines is 1. The maximum Gasteiger partial charge on any atom is 0.159 e. The highest BCUT2D eigenvalue weighted by atomic mass is 35.5. The van der Waals surface area contributed by atoms with Gasteiger partial charge < -0.3 is 10.1 Å². The van der Waals surface area contributed by atoms with E-state index < -0.39 is 0 Å². The van der Waals surface area contributed by atoms with Crippen molar-refractivity contribution >= 4 is 23.1 Å². The Morgan fingerprint density at radius 3 is 2.87 bits per heavy atom. The molecule has 3 nitrogen and oxygen atoms in total. The maximum atomic E-state index is 11.1. The third-order valence-electron chi connectivity index (χ3n) is 1.99. The molecule has 1 aromatic rings. The average Bonchev–Trinajstić information content (AvgIpc) is 2.20. The van der Waals surface area contributed by atoms with Crippen molar-refractivity contribution in [2.45, 2.75) is 6.92 Å². The Labute approximate surface area is 94.4 Å². The highest BCUT2D eigenvalue weighted by molar-refractivity contribution is 6.33. The van der Waals surface area contributed by atoms with Gasteiger partial charge in [-0.05, 0) is 25.1 Å². The van der Waals surface area contributed by atoms with Crippen LogP contribution in [0.15, 0.2) is 18.2 Å². The number of hydrogen-bond donors (Lipinski definition) is 1. The number of nitrogens with one attached hydrogen (secondary N) is 1. The van der Waals surface area contributed by atoms with Gasteiger partial charge in [-0.25, -0.2) is 0 Å². The number of halogens is 1. The van der Waals surface area contributed by atoms with Crippen LogP contribution in [0.3, 0.4) is 0 Å². The summed E-state index contributed by atoms with van der Waals surface area (Å²) in [6.07, 6.45) is 0. The molecule has 1 N–H and O–H groups in total. The Hall–Kier alpha value is -1.06. The average molecular weight is 228 g/mol. The monoisotopic (exact) mass is 227 g/mol. The number of ketones is 1. The Kier molecular flexibility index (Phi) is 4.59. The summed E-state index contributed by atoms with van der Waals surface area (Å²) in [5.74, 6) is 0.0291. The largest absolute Gasteiger partial charge is 0.383 e. The van der Waals surface area contributed by atoms with E-state index in [4.69, 9.17) is 16.3 Å². The van der Waals surface area contributed by atoms with E-state index in [0.29, 0.717) is 23.7 Å². The molecular formula is C11H14ClNO2. The molecule has 0 saturated carbocycles. The van der Waals surface area contributed by atoms with Crippen molar-refractivity contribution in [3.8, 4) is 0 Å². The lowest BCUT2D eigenvalue weighted by Crippen LogP contribution is -2.08. The normalized spacial score (nSPS) is 10.1. The number of carbonyl (C=O) groups is 1. The Bertz CT molecular complexity index is 352. The summed E-state index contributed by atoms with van der Waals surface area (Å²) in [6.45, 7) is 2.79. The first-order valence-electron chi connectivity index (χ1n) is 4.68. The van der Waals surface area contributed by atoms with Gasteiger partial charge >= 0.3 is 0 Å². The summed E-state index contributed by atoms with van der Waals surface area (Å²) in [4.78, 5) is 11.1.